The Balaban J connectivity index is 2.27. The minimum Gasteiger partial charge on any atom is -0.204 e. The van der Waals surface area contributed by atoms with Crippen LogP contribution in [0.1, 0.15) is 0 Å². The summed E-state index contributed by atoms with van der Waals surface area (Å²) in [6.45, 7) is 0. The number of aromatic nitrogens is 3. The fourth-order valence-electron chi connectivity index (χ4n) is 1.50. The first kappa shape index (κ1) is 10.8. The molecule has 0 bridgehead atoms. The molecule has 0 saturated heterocycles. The molecular weight excluding hydrogens is 312 g/mol. The van der Waals surface area contributed by atoms with E-state index in [-0.39, 0.29) is 0 Å². The number of nitrogens with zero attached hydrogens (tertiary/aromatic N) is 3. The van der Waals surface area contributed by atoms with Gasteiger partial charge in [0.25, 0.3) is 0 Å². The van der Waals surface area contributed by atoms with E-state index in [2.05, 4.69) is 26.2 Å². The number of benzene rings is 1. The molecule has 7 heteroatoms. The van der Waals surface area contributed by atoms with Gasteiger partial charge in [-0.25, -0.2) is 13.5 Å². The smallest absolute Gasteiger partial charge is 0.161 e. The van der Waals surface area contributed by atoms with Gasteiger partial charge in [0.05, 0.1) is 9.30 Å². The van der Waals surface area contributed by atoms with Crippen LogP contribution < -0.4 is 0 Å². The van der Waals surface area contributed by atoms with Gasteiger partial charge in [-0.15, -0.1) is 16.4 Å². The number of hydrogen-bond donors (Lipinski definition) is 0. The second kappa shape index (κ2) is 3.85. The van der Waals surface area contributed by atoms with Crippen LogP contribution in [0.15, 0.2) is 28.1 Å². The SMILES string of the molecule is Fc1cc2nnn(-c3ccc(Br)s3)c2cc1F. The lowest BCUT2D eigenvalue weighted by molar-refractivity contribution is 0.510. The number of halogens is 3. The highest BCUT2D eigenvalue weighted by atomic mass is 79.9. The van der Waals surface area contributed by atoms with Crippen molar-refractivity contribution in [2.75, 3.05) is 0 Å². The first-order valence-electron chi connectivity index (χ1n) is 4.61. The summed E-state index contributed by atoms with van der Waals surface area (Å²) in [5, 5.41) is 8.47. The number of hydrogen-bond acceptors (Lipinski definition) is 3. The van der Waals surface area contributed by atoms with Crippen LogP contribution >= 0.6 is 27.3 Å². The molecule has 0 aliphatic rings. The maximum Gasteiger partial charge on any atom is 0.161 e. The van der Waals surface area contributed by atoms with Crippen LogP contribution in [0.25, 0.3) is 16.0 Å². The van der Waals surface area contributed by atoms with E-state index in [4.69, 9.17) is 0 Å². The van der Waals surface area contributed by atoms with Gasteiger partial charge in [0.15, 0.2) is 11.6 Å². The Kier molecular flexibility index (Phi) is 2.44. The van der Waals surface area contributed by atoms with Gasteiger partial charge in [0.2, 0.25) is 0 Å². The lowest BCUT2D eigenvalue weighted by atomic mass is 10.3. The lowest BCUT2D eigenvalue weighted by Gasteiger charge is -1.97. The topological polar surface area (TPSA) is 30.7 Å². The van der Waals surface area contributed by atoms with Crippen molar-refractivity contribution < 1.29 is 8.78 Å². The Morgan fingerprint density at radius 3 is 2.65 bits per heavy atom. The van der Waals surface area contributed by atoms with Crippen molar-refractivity contribution in [3.8, 4) is 5.00 Å². The normalized spacial score (nSPS) is 11.2. The van der Waals surface area contributed by atoms with Crippen LogP contribution in [0.2, 0.25) is 0 Å². The van der Waals surface area contributed by atoms with Crippen molar-refractivity contribution in [1.29, 1.82) is 0 Å². The van der Waals surface area contributed by atoms with Crippen LogP contribution in [-0.4, -0.2) is 15.0 Å². The second-order valence-corrected chi connectivity index (χ2v) is 5.78. The van der Waals surface area contributed by atoms with E-state index in [0.717, 1.165) is 20.9 Å². The Bertz CT molecular complexity index is 707. The zero-order valence-electron chi connectivity index (χ0n) is 8.19. The van der Waals surface area contributed by atoms with Gasteiger partial charge in [0, 0.05) is 12.1 Å². The molecule has 0 radical (unpaired) electrons. The molecule has 3 nitrogen and oxygen atoms in total. The monoisotopic (exact) mass is 315 g/mol. The van der Waals surface area contributed by atoms with E-state index in [0.29, 0.717) is 11.0 Å². The summed E-state index contributed by atoms with van der Waals surface area (Å²) in [4.78, 5) is 0. The Hall–Kier alpha value is -1.34. The average molecular weight is 316 g/mol. The minimum atomic E-state index is -0.920. The van der Waals surface area contributed by atoms with Crippen LogP contribution in [0, 0.1) is 11.6 Å². The molecule has 0 aliphatic heterocycles. The Morgan fingerprint density at radius 2 is 1.94 bits per heavy atom. The molecule has 0 saturated carbocycles. The number of fused-ring (bicyclic) bond motifs is 1. The van der Waals surface area contributed by atoms with Crippen molar-refractivity contribution in [3.63, 3.8) is 0 Å². The van der Waals surface area contributed by atoms with Crippen molar-refractivity contribution in [2.45, 2.75) is 0 Å². The molecule has 17 heavy (non-hydrogen) atoms. The molecule has 1 aromatic carbocycles. The predicted molar refractivity (Wildman–Crippen MR) is 64.4 cm³/mol. The summed E-state index contributed by atoms with van der Waals surface area (Å²) < 4.78 is 28.6. The van der Waals surface area contributed by atoms with Crippen LogP contribution in [0.4, 0.5) is 8.78 Å². The molecule has 0 N–H and O–H groups in total. The molecule has 0 unspecified atom stereocenters. The van der Waals surface area contributed by atoms with Crippen molar-refractivity contribution in [3.05, 3.63) is 39.7 Å². The largest absolute Gasteiger partial charge is 0.204 e. The summed E-state index contributed by atoms with van der Waals surface area (Å²) in [6, 6.07) is 5.81. The van der Waals surface area contributed by atoms with E-state index < -0.39 is 11.6 Å². The maximum atomic E-state index is 13.2. The van der Waals surface area contributed by atoms with Crippen molar-refractivity contribution >= 4 is 38.3 Å². The van der Waals surface area contributed by atoms with E-state index in [1.807, 2.05) is 12.1 Å². The van der Waals surface area contributed by atoms with Crippen LogP contribution in [0.3, 0.4) is 0 Å². The third-order valence-electron chi connectivity index (χ3n) is 2.26. The summed E-state index contributed by atoms with van der Waals surface area (Å²) in [5.41, 5.74) is 0.770. The van der Waals surface area contributed by atoms with Gasteiger partial charge in [-0.2, -0.15) is 0 Å². The quantitative estimate of drug-likeness (QED) is 0.688. The molecule has 2 aromatic heterocycles. The number of thiophene rings is 1. The molecule has 86 valence electrons. The number of rotatable bonds is 1. The lowest BCUT2D eigenvalue weighted by Crippen LogP contribution is -1.93. The van der Waals surface area contributed by atoms with Crippen molar-refractivity contribution in [2.24, 2.45) is 0 Å². The summed E-state index contributed by atoms with van der Waals surface area (Å²) in [6.07, 6.45) is 0. The maximum absolute atomic E-state index is 13.2. The minimum absolute atomic E-state index is 0.327. The van der Waals surface area contributed by atoms with Gasteiger partial charge >= 0.3 is 0 Å². The first-order valence-corrected chi connectivity index (χ1v) is 6.22. The zero-order valence-corrected chi connectivity index (χ0v) is 10.6. The van der Waals surface area contributed by atoms with Crippen molar-refractivity contribution in [1.82, 2.24) is 15.0 Å². The van der Waals surface area contributed by atoms with Gasteiger partial charge < -0.3 is 0 Å². The fourth-order valence-corrected chi connectivity index (χ4v) is 2.82. The van der Waals surface area contributed by atoms with E-state index in [9.17, 15) is 8.78 Å². The molecule has 2 heterocycles. The van der Waals surface area contributed by atoms with Crippen LogP contribution in [-0.2, 0) is 0 Å². The summed E-state index contributed by atoms with van der Waals surface area (Å²) in [7, 11) is 0. The molecule has 3 rings (SSSR count). The molecule has 0 aliphatic carbocycles. The van der Waals surface area contributed by atoms with Gasteiger partial charge in [-0.1, -0.05) is 5.21 Å². The Labute approximate surface area is 107 Å². The van der Waals surface area contributed by atoms with E-state index in [1.54, 1.807) is 0 Å². The molecular formula is C10H4BrF2N3S. The second-order valence-electron chi connectivity index (χ2n) is 3.33. The molecule has 0 atom stereocenters. The molecule has 3 aromatic rings. The highest BCUT2D eigenvalue weighted by Gasteiger charge is 2.12. The highest BCUT2D eigenvalue weighted by Crippen LogP contribution is 2.27. The predicted octanol–water partition coefficient (Wildman–Crippen LogP) is 3.52. The van der Waals surface area contributed by atoms with E-state index >= 15 is 0 Å². The average Bonchev–Trinajstić information content (AvgIpc) is 2.86. The summed E-state index contributed by atoms with van der Waals surface area (Å²) >= 11 is 4.76. The van der Waals surface area contributed by atoms with Gasteiger partial charge in [-0.05, 0) is 28.1 Å². The third kappa shape index (κ3) is 1.75. The molecule has 0 amide bonds. The molecule has 0 spiro atoms. The third-order valence-corrected chi connectivity index (χ3v) is 3.85. The zero-order chi connectivity index (χ0) is 12.0. The summed E-state index contributed by atoms with van der Waals surface area (Å²) in [5.74, 6) is -1.83. The van der Waals surface area contributed by atoms with Gasteiger partial charge in [-0.3, -0.25) is 0 Å². The highest BCUT2D eigenvalue weighted by molar-refractivity contribution is 9.11. The molecule has 0 fully saturated rings. The first-order chi connectivity index (χ1) is 8.15. The van der Waals surface area contributed by atoms with E-state index in [1.165, 1.54) is 16.0 Å². The van der Waals surface area contributed by atoms with Gasteiger partial charge in [0.1, 0.15) is 10.5 Å². The fraction of sp³-hybridized carbons (Fsp3) is 0. The standard InChI is InChI=1S/C10H4BrF2N3S/c11-9-1-2-10(17-9)16-8-4-6(13)5(12)3-7(8)14-15-16/h1-4H. The Morgan fingerprint density at radius 1 is 1.18 bits per heavy atom. The van der Waals surface area contributed by atoms with Crippen LogP contribution in [0.5, 0.6) is 0 Å².